The molecule has 0 aromatic carbocycles. The van der Waals surface area contributed by atoms with Gasteiger partial charge in [-0.2, -0.15) is 0 Å². The lowest BCUT2D eigenvalue weighted by molar-refractivity contribution is 1.05. The van der Waals surface area contributed by atoms with Gasteiger partial charge in [-0.1, -0.05) is 17.7 Å². The molecule has 0 aliphatic rings. The molecule has 3 aromatic heterocycles. The molecule has 3 rings (SSSR count). The van der Waals surface area contributed by atoms with Crippen molar-refractivity contribution < 1.29 is 0 Å². The number of rotatable bonds is 1. The number of aromatic nitrogens is 5. The number of nitrogens with zero attached hydrogens (tertiary/aromatic N) is 5. The summed E-state index contributed by atoms with van der Waals surface area (Å²) in [5.74, 6) is 0.669. The van der Waals surface area contributed by atoms with E-state index >= 15 is 0 Å². The van der Waals surface area contributed by atoms with Crippen molar-refractivity contribution in [1.82, 2.24) is 24.6 Å². The van der Waals surface area contributed by atoms with E-state index in [0.29, 0.717) is 16.6 Å². The van der Waals surface area contributed by atoms with Gasteiger partial charge in [-0.3, -0.25) is 9.38 Å². The van der Waals surface area contributed by atoms with Crippen molar-refractivity contribution in [3.8, 4) is 11.5 Å². The molecule has 0 saturated carbocycles. The standard InChI is InChI=1S/C11H8ClN5/c1-7-3-2-4-13-10(7)11-16-15-9-5-8(12)14-6-17(9)11/h2-6H,1H3. The van der Waals surface area contributed by atoms with Gasteiger partial charge in [0.15, 0.2) is 11.5 Å². The summed E-state index contributed by atoms with van der Waals surface area (Å²) in [6, 6.07) is 5.53. The highest BCUT2D eigenvalue weighted by molar-refractivity contribution is 6.29. The Morgan fingerprint density at radius 1 is 1.24 bits per heavy atom. The molecule has 0 saturated heterocycles. The third-order valence-electron chi connectivity index (χ3n) is 2.49. The summed E-state index contributed by atoms with van der Waals surface area (Å²) in [6.07, 6.45) is 3.33. The minimum absolute atomic E-state index is 0.397. The fourth-order valence-electron chi connectivity index (χ4n) is 1.65. The Balaban J connectivity index is 2.29. The minimum atomic E-state index is 0.397. The van der Waals surface area contributed by atoms with Crippen LogP contribution in [0.4, 0.5) is 0 Å². The lowest BCUT2D eigenvalue weighted by Crippen LogP contribution is -1.95. The molecule has 0 aliphatic heterocycles. The molecule has 5 nitrogen and oxygen atoms in total. The van der Waals surface area contributed by atoms with E-state index in [9.17, 15) is 0 Å². The van der Waals surface area contributed by atoms with Gasteiger partial charge in [0.25, 0.3) is 0 Å². The number of hydrogen-bond donors (Lipinski definition) is 0. The van der Waals surface area contributed by atoms with Crippen LogP contribution < -0.4 is 0 Å². The zero-order valence-electron chi connectivity index (χ0n) is 9.00. The lowest BCUT2D eigenvalue weighted by atomic mass is 10.2. The maximum Gasteiger partial charge on any atom is 0.188 e. The summed E-state index contributed by atoms with van der Waals surface area (Å²) in [5.41, 5.74) is 2.49. The molecule has 0 aliphatic carbocycles. The molecule has 0 fully saturated rings. The van der Waals surface area contributed by atoms with Crippen LogP contribution in [0, 0.1) is 6.92 Å². The van der Waals surface area contributed by atoms with Crippen LogP contribution in [0.25, 0.3) is 17.2 Å². The van der Waals surface area contributed by atoms with Crippen LogP contribution in [-0.4, -0.2) is 24.6 Å². The van der Waals surface area contributed by atoms with Crippen molar-refractivity contribution in [3.63, 3.8) is 0 Å². The van der Waals surface area contributed by atoms with Crippen molar-refractivity contribution >= 4 is 17.2 Å². The van der Waals surface area contributed by atoms with Gasteiger partial charge >= 0.3 is 0 Å². The summed E-state index contributed by atoms with van der Waals surface area (Å²) in [5, 5.41) is 8.56. The minimum Gasteiger partial charge on any atom is -0.264 e. The Morgan fingerprint density at radius 2 is 2.12 bits per heavy atom. The van der Waals surface area contributed by atoms with Gasteiger partial charge in [0, 0.05) is 12.3 Å². The molecule has 0 atom stereocenters. The van der Waals surface area contributed by atoms with Gasteiger partial charge < -0.3 is 0 Å². The molecule has 3 heterocycles. The average molecular weight is 246 g/mol. The SMILES string of the molecule is Cc1cccnc1-c1nnc2cc(Cl)ncn12. The number of fused-ring (bicyclic) bond motifs is 1. The van der Waals surface area contributed by atoms with Gasteiger partial charge in [-0.05, 0) is 18.6 Å². The Hall–Kier alpha value is -2.01. The summed E-state index contributed by atoms with van der Waals surface area (Å²) in [4.78, 5) is 8.33. The highest BCUT2D eigenvalue weighted by atomic mass is 35.5. The smallest absolute Gasteiger partial charge is 0.188 e. The second-order valence-corrected chi connectivity index (χ2v) is 4.02. The fourth-order valence-corrected chi connectivity index (χ4v) is 1.79. The molecule has 17 heavy (non-hydrogen) atoms. The molecule has 0 bridgehead atoms. The van der Waals surface area contributed by atoms with Crippen LogP contribution >= 0.6 is 11.6 Å². The van der Waals surface area contributed by atoms with Crippen molar-refractivity contribution in [3.05, 3.63) is 41.4 Å². The van der Waals surface area contributed by atoms with Crippen LogP contribution in [-0.2, 0) is 0 Å². The maximum absolute atomic E-state index is 5.80. The van der Waals surface area contributed by atoms with E-state index in [1.54, 1.807) is 23.0 Å². The molecule has 0 unspecified atom stereocenters. The van der Waals surface area contributed by atoms with Gasteiger partial charge in [0.1, 0.15) is 17.2 Å². The van der Waals surface area contributed by atoms with Crippen molar-refractivity contribution in [2.24, 2.45) is 0 Å². The molecule has 0 radical (unpaired) electrons. The quantitative estimate of drug-likeness (QED) is 0.617. The first-order chi connectivity index (χ1) is 8.25. The summed E-state index contributed by atoms with van der Waals surface area (Å²) in [7, 11) is 0. The van der Waals surface area contributed by atoms with Crippen molar-refractivity contribution in [1.29, 1.82) is 0 Å². The third kappa shape index (κ3) is 1.64. The molecule has 6 heteroatoms. The Labute approximate surface area is 102 Å². The first-order valence-corrected chi connectivity index (χ1v) is 5.42. The van der Waals surface area contributed by atoms with Gasteiger partial charge in [0.2, 0.25) is 0 Å². The number of pyridine rings is 1. The van der Waals surface area contributed by atoms with Crippen LogP contribution in [0.3, 0.4) is 0 Å². The number of aryl methyl sites for hydroxylation is 1. The normalized spacial score (nSPS) is 10.9. The van der Waals surface area contributed by atoms with Crippen LogP contribution in [0.2, 0.25) is 5.15 Å². The monoisotopic (exact) mass is 245 g/mol. The zero-order chi connectivity index (χ0) is 11.8. The second-order valence-electron chi connectivity index (χ2n) is 3.63. The molecule has 0 N–H and O–H groups in total. The van der Waals surface area contributed by atoms with E-state index in [2.05, 4.69) is 20.2 Å². The van der Waals surface area contributed by atoms with E-state index in [1.165, 1.54) is 0 Å². The van der Waals surface area contributed by atoms with Gasteiger partial charge in [-0.25, -0.2) is 4.98 Å². The van der Waals surface area contributed by atoms with E-state index in [-0.39, 0.29) is 0 Å². The first-order valence-electron chi connectivity index (χ1n) is 5.04. The van der Waals surface area contributed by atoms with E-state index < -0.39 is 0 Å². The molecule has 0 amide bonds. The highest BCUT2D eigenvalue weighted by Gasteiger charge is 2.11. The molecular formula is C11H8ClN5. The predicted molar refractivity (Wildman–Crippen MR) is 63.8 cm³/mol. The lowest BCUT2D eigenvalue weighted by Gasteiger charge is -2.01. The maximum atomic E-state index is 5.80. The number of halogens is 1. The Morgan fingerprint density at radius 3 is 2.94 bits per heavy atom. The van der Waals surface area contributed by atoms with Crippen LogP contribution in [0.1, 0.15) is 5.56 Å². The van der Waals surface area contributed by atoms with E-state index in [0.717, 1.165) is 11.3 Å². The van der Waals surface area contributed by atoms with E-state index in [1.807, 2.05) is 19.1 Å². The largest absolute Gasteiger partial charge is 0.264 e. The number of hydrogen-bond acceptors (Lipinski definition) is 4. The Kier molecular flexibility index (Phi) is 2.26. The predicted octanol–water partition coefficient (Wildman–Crippen LogP) is 2.15. The molecule has 84 valence electrons. The average Bonchev–Trinajstić information content (AvgIpc) is 2.72. The second kappa shape index (κ2) is 3.78. The fraction of sp³-hybridized carbons (Fsp3) is 0.0909. The first kappa shape index (κ1) is 10.2. The van der Waals surface area contributed by atoms with Gasteiger partial charge in [-0.15, -0.1) is 10.2 Å². The third-order valence-corrected chi connectivity index (χ3v) is 2.69. The van der Waals surface area contributed by atoms with Crippen LogP contribution in [0.15, 0.2) is 30.7 Å². The summed E-state index contributed by atoms with van der Waals surface area (Å²) in [6.45, 7) is 1.98. The van der Waals surface area contributed by atoms with Crippen LogP contribution in [0.5, 0.6) is 0 Å². The van der Waals surface area contributed by atoms with Gasteiger partial charge in [0.05, 0.1) is 0 Å². The van der Waals surface area contributed by atoms with Crippen molar-refractivity contribution in [2.75, 3.05) is 0 Å². The van der Waals surface area contributed by atoms with E-state index in [4.69, 9.17) is 11.6 Å². The summed E-state index contributed by atoms with van der Waals surface area (Å²) >= 11 is 5.80. The topological polar surface area (TPSA) is 56.0 Å². The molecule has 0 spiro atoms. The zero-order valence-corrected chi connectivity index (χ0v) is 9.76. The Bertz CT molecular complexity index is 691. The highest BCUT2D eigenvalue weighted by Crippen LogP contribution is 2.19. The molecular weight excluding hydrogens is 238 g/mol. The summed E-state index contributed by atoms with van der Waals surface area (Å²) < 4.78 is 1.77. The van der Waals surface area contributed by atoms with Crippen molar-refractivity contribution in [2.45, 2.75) is 6.92 Å². The molecule has 3 aromatic rings.